The quantitative estimate of drug-likeness (QED) is 0.796. The van der Waals surface area contributed by atoms with Crippen LogP contribution in [-0.4, -0.2) is 41.1 Å². The molecule has 1 aliphatic rings. The number of nitrogens with zero attached hydrogens (tertiary/aromatic N) is 2. The summed E-state index contributed by atoms with van der Waals surface area (Å²) in [6.07, 6.45) is 1.52. The maximum Gasteiger partial charge on any atom is 0.182 e. The molecular formula is C20H21N3O2. The van der Waals surface area contributed by atoms with Crippen LogP contribution >= 0.6 is 0 Å². The van der Waals surface area contributed by atoms with Crippen molar-refractivity contribution in [3.8, 4) is 11.1 Å². The summed E-state index contributed by atoms with van der Waals surface area (Å²) in [5.41, 5.74) is 5.09. The first-order chi connectivity index (χ1) is 12.2. The number of nitrogens with one attached hydrogen (secondary N) is 1. The molecule has 1 N–H and O–H groups in total. The number of ether oxygens (including phenoxy) is 1. The van der Waals surface area contributed by atoms with E-state index >= 15 is 0 Å². The number of pyridine rings is 1. The van der Waals surface area contributed by atoms with Crippen LogP contribution in [0.1, 0.15) is 5.69 Å². The Kier molecular flexibility index (Phi) is 4.34. The minimum absolute atomic E-state index is 0.0953. The molecule has 1 atom stereocenters. The number of fused-ring (bicyclic) bond motifs is 1. The Hall–Kier alpha value is -2.50. The van der Waals surface area contributed by atoms with Gasteiger partial charge in [0.1, 0.15) is 6.10 Å². The predicted molar refractivity (Wildman–Crippen MR) is 97.5 cm³/mol. The lowest BCUT2D eigenvalue weighted by molar-refractivity contribution is -0.132. The second-order valence-corrected chi connectivity index (χ2v) is 6.40. The summed E-state index contributed by atoms with van der Waals surface area (Å²) < 4.78 is 7.63. The second kappa shape index (κ2) is 6.78. The molecule has 1 unspecified atom stereocenters. The van der Waals surface area contributed by atoms with Crippen molar-refractivity contribution in [3.05, 3.63) is 54.4 Å². The Bertz CT molecular complexity index is 896. The molecule has 3 heterocycles. The molecule has 0 aliphatic carbocycles. The Morgan fingerprint density at radius 3 is 2.88 bits per heavy atom. The van der Waals surface area contributed by atoms with Gasteiger partial charge in [-0.1, -0.05) is 30.3 Å². The highest BCUT2D eigenvalue weighted by Crippen LogP contribution is 2.25. The summed E-state index contributed by atoms with van der Waals surface area (Å²) in [5.74, 6) is 0.0953. The van der Waals surface area contributed by atoms with E-state index in [-0.39, 0.29) is 11.9 Å². The minimum Gasteiger partial charge on any atom is -0.368 e. The molecule has 0 bridgehead atoms. The number of rotatable bonds is 4. The van der Waals surface area contributed by atoms with Gasteiger partial charge < -0.3 is 14.6 Å². The van der Waals surface area contributed by atoms with Gasteiger partial charge >= 0.3 is 0 Å². The van der Waals surface area contributed by atoms with Crippen LogP contribution < -0.4 is 5.32 Å². The van der Waals surface area contributed by atoms with E-state index in [4.69, 9.17) is 4.74 Å². The van der Waals surface area contributed by atoms with Crippen molar-refractivity contribution in [2.24, 2.45) is 0 Å². The van der Waals surface area contributed by atoms with Gasteiger partial charge in [0.05, 0.1) is 24.2 Å². The molecule has 3 aromatic rings. The topological polar surface area (TPSA) is 56.2 Å². The van der Waals surface area contributed by atoms with E-state index in [1.54, 1.807) is 0 Å². The number of aromatic nitrogens is 2. The molecule has 5 heteroatoms. The van der Waals surface area contributed by atoms with Gasteiger partial charge in [0.2, 0.25) is 0 Å². The molecule has 25 heavy (non-hydrogen) atoms. The van der Waals surface area contributed by atoms with Crippen LogP contribution in [0.4, 0.5) is 0 Å². The molecule has 128 valence electrons. The molecule has 1 aliphatic heterocycles. The predicted octanol–water partition coefficient (Wildman–Crippen LogP) is 2.57. The Morgan fingerprint density at radius 2 is 2.12 bits per heavy atom. The number of aryl methyl sites for hydroxylation is 1. The molecule has 5 nitrogen and oxygen atoms in total. The van der Waals surface area contributed by atoms with E-state index in [1.165, 1.54) is 0 Å². The summed E-state index contributed by atoms with van der Waals surface area (Å²) >= 11 is 0. The van der Waals surface area contributed by atoms with Gasteiger partial charge in [-0.25, -0.2) is 0 Å². The molecule has 1 aromatic carbocycles. The summed E-state index contributed by atoms with van der Waals surface area (Å²) in [5, 5.41) is 3.21. The number of hydrogen-bond donors (Lipinski definition) is 1. The zero-order chi connectivity index (χ0) is 17.2. The highest BCUT2D eigenvalue weighted by molar-refractivity contribution is 5.87. The molecule has 2 aromatic heterocycles. The van der Waals surface area contributed by atoms with Crippen LogP contribution in [0.15, 0.2) is 48.7 Å². The van der Waals surface area contributed by atoms with Gasteiger partial charge in [0.25, 0.3) is 0 Å². The molecule has 1 fully saturated rings. The number of morpholine rings is 1. The van der Waals surface area contributed by atoms with Gasteiger partial charge in [-0.05, 0) is 24.6 Å². The van der Waals surface area contributed by atoms with E-state index in [2.05, 4.69) is 28.5 Å². The van der Waals surface area contributed by atoms with Gasteiger partial charge in [-0.2, -0.15) is 0 Å². The first-order valence-corrected chi connectivity index (χ1v) is 8.59. The molecule has 0 radical (unpaired) electrons. The smallest absolute Gasteiger partial charge is 0.182 e. The van der Waals surface area contributed by atoms with Gasteiger partial charge in [0.15, 0.2) is 5.78 Å². The Labute approximate surface area is 146 Å². The van der Waals surface area contributed by atoms with Gasteiger partial charge in [-0.15, -0.1) is 0 Å². The number of hydrogen-bond acceptors (Lipinski definition) is 4. The van der Waals surface area contributed by atoms with Crippen molar-refractivity contribution in [3.63, 3.8) is 0 Å². The number of benzene rings is 1. The fourth-order valence-corrected chi connectivity index (χ4v) is 3.29. The minimum atomic E-state index is -0.365. The number of carbonyl (C=O) groups excluding carboxylic acids is 1. The summed E-state index contributed by atoms with van der Waals surface area (Å²) in [6.45, 7) is 4.30. The summed E-state index contributed by atoms with van der Waals surface area (Å²) in [7, 11) is 0. The third-order valence-electron chi connectivity index (χ3n) is 4.67. The van der Waals surface area contributed by atoms with Crippen molar-refractivity contribution in [2.75, 3.05) is 19.7 Å². The number of Topliss-reactive ketones (excluding diaryl/α,β-unsaturated/α-hetero) is 1. The average Bonchev–Trinajstić information content (AvgIpc) is 2.98. The lowest BCUT2D eigenvalue weighted by Crippen LogP contribution is -2.44. The molecule has 0 amide bonds. The fourth-order valence-electron chi connectivity index (χ4n) is 3.29. The highest BCUT2D eigenvalue weighted by atomic mass is 16.5. The highest BCUT2D eigenvalue weighted by Gasteiger charge is 2.23. The average molecular weight is 335 g/mol. The van der Waals surface area contributed by atoms with E-state index in [0.717, 1.165) is 34.4 Å². The first-order valence-electron chi connectivity index (χ1n) is 8.59. The lowest BCUT2D eigenvalue weighted by Gasteiger charge is -2.23. The standard InChI is InChI=1S/C20H21N3O2/c1-14-9-17-18(10-16(11-22-17)15-5-3-2-4-6-15)23(14)13-19(24)20-12-21-7-8-25-20/h2-6,9-11,20-21H,7-8,12-13H2,1H3. The van der Waals surface area contributed by atoms with Crippen molar-refractivity contribution >= 4 is 16.8 Å². The van der Waals surface area contributed by atoms with Crippen LogP contribution in [0.2, 0.25) is 0 Å². The fraction of sp³-hybridized carbons (Fsp3) is 0.300. The van der Waals surface area contributed by atoms with E-state index in [9.17, 15) is 4.79 Å². The summed E-state index contributed by atoms with van der Waals surface area (Å²) in [4.78, 5) is 17.2. The molecule has 4 rings (SSSR count). The largest absolute Gasteiger partial charge is 0.368 e. The Morgan fingerprint density at radius 1 is 1.28 bits per heavy atom. The van der Waals surface area contributed by atoms with Crippen LogP contribution in [0.5, 0.6) is 0 Å². The third kappa shape index (κ3) is 3.21. The number of ketones is 1. The zero-order valence-electron chi connectivity index (χ0n) is 14.2. The second-order valence-electron chi connectivity index (χ2n) is 6.40. The monoisotopic (exact) mass is 335 g/mol. The lowest BCUT2D eigenvalue weighted by atomic mass is 10.1. The van der Waals surface area contributed by atoms with Crippen LogP contribution in [0.3, 0.4) is 0 Å². The SMILES string of the molecule is Cc1cc2ncc(-c3ccccc3)cc2n1CC(=O)C1CNCCO1. The van der Waals surface area contributed by atoms with Crippen molar-refractivity contribution in [1.29, 1.82) is 0 Å². The normalized spacial score (nSPS) is 17.7. The van der Waals surface area contributed by atoms with Crippen molar-refractivity contribution < 1.29 is 9.53 Å². The van der Waals surface area contributed by atoms with Crippen molar-refractivity contribution in [2.45, 2.75) is 19.6 Å². The van der Waals surface area contributed by atoms with Gasteiger partial charge in [0, 0.05) is 30.5 Å². The van der Waals surface area contributed by atoms with E-state index in [0.29, 0.717) is 19.7 Å². The summed E-state index contributed by atoms with van der Waals surface area (Å²) in [6, 6.07) is 14.3. The maximum absolute atomic E-state index is 12.6. The maximum atomic E-state index is 12.6. The zero-order valence-corrected chi connectivity index (χ0v) is 14.2. The molecule has 0 saturated carbocycles. The third-order valence-corrected chi connectivity index (χ3v) is 4.67. The number of carbonyl (C=O) groups is 1. The van der Waals surface area contributed by atoms with Crippen molar-refractivity contribution in [1.82, 2.24) is 14.9 Å². The molecular weight excluding hydrogens is 314 g/mol. The Balaban J connectivity index is 1.68. The van der Waals surface area contributed by atoms with Crippen LogP contribution in [0, 0.1) is 6.92 Å². The first kappa shape index (κ1) is 16.0. The van der Waals surface area contributed by atoms with Gasteiger partial charge in [-0.3, -0.25) is 9.78 Å². The van der Waals surface area contributed by atoms with Crippen LogP contribution in [0.25, 0.3) is 22.2 Å². The molecule has 0 spiro atoms. The molecule has 1 saturated heterocycles. The van der Waals surface area contributed by atoms with Crippen LogP contribution in [-0.2, 0) is 16.1 Å². The van der Waals surface area contributed by atoms with E-state index < -0.39 is 0 Å². The van der Waals surface area contributed by atoms with E-state index in [1.807, 2.05) is 42.0 Å².